The number of carbonyl (C=O) groups excluding carboxylic acids is 1. The molecule has 1 amide bonds. The predicted octanol–water partition coefficient (Wildman–Crippen LogP) is 2.21. The monoisotopic (exact) mass is 281 g/mol. The van der Waals surface area contributed by atoms with Crippen molar-refractivity contribution >= 4 is 5.91 Å². The van der Waals surface area contributed by atoms with Gasteiger partial charge in [0.05, 0.1) is 6.61 Å². The van der Waals surface area contributed by atoms with Crippen molar-refractivity contribution in [3.63, 3.8) is 0 Å². The van der Waals surface area contributed by atoms with Gasteiger partial charge in [-0.2, -0.15) is 0 Å². The van der Waals surface area contributed by atoms with Crippen molar-refractivity contribution in [3.05, 3.63) is 70.8 Å². The summed E-state index contributed by atoms with van der Waals surface area (Å²) >= 11 is 0. The zero-order valence-corrected chi connectivity index (χ0v) is 11.9. The van der Waals surface area contributed by atoms with Crippen molar-refractivity contribution in [2.75, 3.05) is 0 Å². The Morgan fingerprint density at radius 1 is 1.00 bits per heavy atom. The smallest absolute Gasteiger partial charge is 0.224 e. The van der Waals surface area contributed by atoms with Crippen LogP contribution in [0.1, 0.15) is 22.3 Å². The van der Waals surface area contributed by atoms with E-state index >= 15 is 0 Å². The van der Waals surface area contributed by atoms with E-state index in [1.54, 1.807) is 0 Å². The molecular formula is C18H19NO2. The van der Waals surface area contributed by atoms with Gasteiger partial charge in [0.1, 0.15) is 0 Å². The Bertz CT molecular complexity index is 609. The Labute approximate surface area is 124 Å². The van der Waals surface area contributed by atoms with E-state index in [4.69, 9.17) is 5.11 Å². The number of fused-ring (bicyclic) bond motifs is 1. The maximum atomic E-state index is 12.3. The van der Waals surface area contributed by atoms with Crippen LogP contribution in [0.3, 0.4) is 0 Å². The maximum absolute atomic E-state index is 12.3. The van der Waals surface area contributed by atoms with Crippen molar-refractivity contribution < 1.29 is 9.90 Å². The summed E-state index contributed by atoms with van der Waals surface area (Å²) in [6.07, 6.45) is 1.68. The van der Waals surface area contributed by atoms with Gasteiger partial charge in [0.25, 0.3) is 0 Å². The van der Waals surface area contributed by atoms with E-state index in [-0.39, 0.29) is 18.4 Å². The Hall–Kier alpha value is -2.13. The Morgan fingerprint density at radius 2 is 1.57 bits per heavy atom. The Kier molecular flexibility index (Phi) is 4.02. The molecule has 3 nitrogen and oxygen atoms in total. The van der Waals surface area contributed by atoms with Gasteiger partial charge in [-0.1, -0.05) is 48.5 Å². The van der Waals surface area contributed by atoms with Crippen molar-refractivity contribution in [2.24, 2.45) is 5.92 Å². The zero-order valence-electron chi connectivity index (χ0n) is 11.9. The average molecular weight is 281 g/mol. The summed E-state index contributed by atoms with van der Waals surface area (Å²) in [7, 11) is 0. The second-order valence-corrected chi connectivity index (χ2v) is 5.57. The van der Waals surface area contributed by atoms with Gasteiger partial charge in [-0.25, -0.2) is 0 Å². The predicted molar refractivity (Wildman–Crippen MR) is 81.6 cm³/mol. The molecule has 0 spiro atoms. The summed E-state index contributed by atoms with van der Waals surface area (Å²) in [6.45, 7) is 0.588. The minimum atomic E-state index is 0.0486. The van der Waals surface area contributed by atoms with Crippen LogP contribution in [0.25, 0.3) is 0 Å². The maximum Gasteiger partial charge on any atom is 0.224 e. The van der Waals surface area contributed by atoms with E-state index in [9.17, 15) is 4.79 Å². The van der Waals surface area contributed by atoms with Crippen molar-refractivity contribution in [1.29, 1.82) is 0 Å². The first-order valence-corrected chi connectivity index (χ1v) is 7.29. The summed E-state index contributed by atoms with van der Waals surface area (Å²) in [4.78, 5) is 12.3. The van der Waals surface area contributed by atoms with E-state index < -0.39 is 0 Å². The molecule has 108 valence electrons. The zero-order chi connectivity index (χ0) is 14.7. The topological polar surface area (TPSA) is 49.3 Å². The molecular weight excluding hydrogens is 262 g/mol. The van der Waals surface area contributed by atoms with Crippen LogP contribution < -0.4 is 5.32 Å². The third-order valence-electron chi connectivity index (χ3n) is 4.09. The molecule has 1 aliphatic carbocycles. The van der Waals surface area contributed by atoms with Crippen molar-refractivity contribution in [1.82, 2.24) is 5.32 Å². The number of carbonyl (C=O) groups is 1. The molecule has 3 heteroatoms. The third kappa shape index (κ3) is 3.14. The number of hydrogen-bond donors (Lipinski definition) is 2. The summed E-state index contributed by atoms with van der Waals surface area (Å²) in [5, 5.41) is 12.0. The molecule has 0 radical (unpaired) electrons. The molecule has 3 rings (SSSR count). The second kappa shape index (κ2) is 6.10. The first-order chi connectivity index (χ1) is 10.3. The summed E-state index contributed by atoms with van der Waals surface area (Å²) in [5.41, 5.74) is 4.53. The van der Waals surface area contributed by atoms with Crippen LogP contribution in [-0.2, 0) is 30.8 Å². The highest BCUT2D eigenvalue weighted by molar-refractivity contribution is 5.80. The highest BCUT2D eigenvalue weighted by Gasteiger charge is 2.26. The van der Waals surface area contributed by atoms with Crippen LogP contribution >= 0.6 is 0 Å². The van der Waals surface area contributed by atoms with Crippen LogP contribution in [0.5, 0.6) is 0 Å². The average Bonchev–Trinajstić information content (AvgIpc) is 2.97. The first-order valence-electron chi connectivity index (χ1n) is 7.29. The fourth-order valence-electron chi connectivity index (χ4n) is 2.84. The molecule has 2 N–H and O–H groups in total. The van der Waals surface area contributed by atoms with Gasteiger partial charge in [-0.3, -0.25) is 4.79 Å². The van der Waals surface area contributed by atoms with Gasteiger partial charge in [-0.05, 0) is 35.1 Å². The molecule has 0 heterocycles. The molecule has 0 aromatic heterocycles. The summed E-state index contributed by atoms with van der Waals surface area (Å²) in [5.74, 6) is 0.177. The molecule has 0 saturated heterocycles. The lowest BCUT2D eigenvalue weighted by atomic mass is 10.1. The molecule has 0 unspecified atom stereocenters. The minimum Gasteiger partial charge on any atom is -0.392 e. The largest absolute Gasteiger partial charge is 0.392 e. The number of amides is 1. The lowest BCUT2D eigenvalue weighted by Gasteiger charge is -2.10. The molecule has 1 aliphatic rings. The number of benzene rings is 2. The van der Waals surface area contributed by atoms with E-state index in [0.29, 0.717) is 6.54 Å². The molecule has 2 aromatic rings. The van der Waals surface area contributed by atoms with E-state index in [1.165, 1.54) is 11.1 Å². The molecule has 0 fully saturated rings. The van der Waals surface area contributed by atoms with Crippen LogP contribution in [0, 0.1) is 5.92 Å². The lowest BCUT2D eigenvalue weighted by Crippen LogP contribution is -2.30. The van der Waals surface area contributed by atoms with Crippen molar-refractivity contribution in [2.45, 2.75) is 26.0 Å². The first kappa shape index (κ1) is 13.8. The molecule has 2 aromatic carbocycles. The van der Waals surface area contributed by atoms with E-state index in [2.05, 4.69) is 17.4 Å². The fraction of sp³-hybridized carbons (Fsp3) is 0.278. The quantitative estimate of drug-likeness (QED) is 0.902. The van der Waals surface area contributed by atoms with Crippen LogP contribution in [0.2, 0.25) is 0 Å². The fourth-order valence-corrected chi connectivity index (χ4v) is 2.84. The van der Waals surface area contributed by atoms with Gasteiger partial charge in [0.15, 0.2) is 0 Å². The standard InChI is InChI=1S/C18H19NO2/c20-12-14-7-5-13(6-8-14)11-19-18(21)17-9-15-3-1-2-4-16(15)10-17/h1-8,17,20H,9-12H2,(H,19,21). The number of nitrogens with one attached hydrogen (secondary N) is 1. The number of aliphatic hydroxyl groups is 1. The molecule has 0 saturated carbocycles. The highest BCUT2D eigenvalue weighted by Crippen LogP contribution is 2.26. The number of aliphatic hydroxyl groups excluding tert-OH is 1. The molecule has 0 bridgehead atoms. The van der Waals surface area contributed by atoms with Gasteiger partial charge in [0.2, 0.25) is 5.91 Å². The second-order valence-electron chi connectivity index (χ2n) is 5.57. The van der Waals surface area contributed by atoms with Crippen LogP contribution in [0.4, 0.5) is 0 Å². The van der Waals surface area contributed by atoms with Gasteiger partial charge < -0.3 is 10.4 Å². The van der Waals surface area contributed by atoms with E-state index in [0.717, 1.165) is 24.0 Å². The van der Waals surface area contributed by atoms with Gasteiger partial charge in [0, 0.05) is 12.5 Å². The Morgan fingerprint density at radius 3 is 2.14 bits per heavy atom. The van der Waals surface area contributed by atoms with Crippen molar-refractivity contribution in [3.8, 4) is 0 Å². The highest BCUT2D eigenvalue weighted by atomic mass is 16.3. The summed E-state index contributed by atoms with van der Waals surface area (Å²) < 4.78 is 0. The lowest BCUT2D eigenvalue weighted by molar-refractivity contribution is -0.124. The minimum absolute atomic E-state index is 0.0486. The molecule has 21 heavy (non-hydrogen) atoms. The third-order valence-corrected chi connectivity index (χ3v) is 4.09. The SMILES string of the molecule is O=C(NCc1ccc(CO)cc1)C1Cc2ccccc2C1. The number of rotatable bonds is 4. The van der Waals surface area contributed by atoms with Crippen LogP contribution in [0.15, 0.2) is 48.5 Å². The Balaban J connectivity index is 1.55. The van der Waals surface area contributed by atoms with Gasteiger partial charge in [-0.15, -0.1) is 0 Å². The van der Waals surface area contributed by atoms with Gasteiger partial charge >= 0.3 is 0 Å². The summed E-state index contributed by atoms with van der Waals surface area (Å²) in [6, 6.07) is 15.9. The van der Waals surface area contributed by atoms with E-state index in [1.807, 2.05) is 36.4 Å². The van der Waals surface area contributed by atoms with Crippen LogP contribution in [-0.4, -0.2) is 11.0 Å². The molecule has 0 aliphatic heterocycles. The number of hydrogen-bond acceptors (Lipinski definition) is 2. The molecule has 0 atom stereocenters. The normalized spacial score (nSPS) is 14.0.